The highest BCUT2D eigenvalue weighted by molar-refractivity contribution is 9.10. The van der Waals surface area contributed by atoms with Gasteiger partial charge in [-0.15, -0.1) is 0 Å². The van der Waals surface area contributed by atoms with Gasteiger partial charge in [0.25, 0.3) is 0 Å². The third-order valence-corrected chi connectivity index (χ3v) is 2.97. The topological polar surface area (TPSA) is 55.2 Å². The van der Waals surface area contributed by atoms with Crippen molar-refractivity contribution in [3.8, 4) is 11.8 Å². The lowest BCUT2D eigenvalue weighted by molar-refractivity contribution is 0.279. The van der Waals surface area contributed by atoms with Crippen molar-refractivity contribution in [2.24, 2.45) is 0 Å². The summed E-state index contributed by atoms with van der Waals surface area (Å²) in [4.78, 5) is 7.99. The molecule has 1 N–H and O–H groups in total. The molecular weight excluding hydrogens is 303 g/mol. The van der Waals surface area contributed by atoms with Crippen LogP contribution in [0.2, 0.25) is 0 Å². The minimum atomic E-state index is -0.420. The molecule has 0 saturated carbocycles. The van der Waals surface area contributed by atoms with Crippen molar-refractivity contribution < 1.29 is 14.2 Å². The van der Waals surface area contributed by atoms with E-state index in [1.807, 2.05) is 0 Å². The average Bonchev–Trinajstić information content (AvgIpc) is 2.34. The van der Waals surface area contributed by atoms with Crippen molar-refractivity contribution in [2.75, 3.05) is 0 Å². The Balaban J connectivity index is 2.23. The lowest BCUT2D eigenvalue weighted by Crippen LogP contribution is -1.98. The van der Waals surface area contributed by atoms with Gasteiger partial charge in [0.1, 0.15) is 11.6 Å². The molecule has 6 heteroatoms. The fourth-order valence-electron chi connectivity index (χ4n) is 1.32. The molecule has 0 spiro atoms. The number of nitrogens with zero attached hydrogens (tertiary/aromatic N) is 2. The maximum Gasteiger partial charge on any atom is 0.322 e. The third-order valence-electron chi connectivity index (χ3n) is 2.33. The molecule has 0 atom stereocenters. The van der Waals surface area contributed by atoms with Gasteiger partial charge in [-0.3, -0.25) is 0 Å². The van der Waals surface area contributed by atoms with E-state index in [2.05, 4.69) is 25.9 Å². The van der Waals surface area contributed by atoms with E-state index in [1.54, 1.807) is 19.1 Å². The molecule has 94 valence electrons. The van der Waals surface area contributed by atoms with Gasteiger partial charge < -0.3 is 9.84 Å². The summed E-state index contributed by atoms with van der Waals surface area (Å²) in [7, 11) is 0. The summed E-state index contributed by atoms with van der Waals surface area (Å²) in [6.45, 7) is 1.61. The minimum absolute atomic E-state index is 0.117. The second-order valence-corrected chi connectivity index (χ2v) is 4.45. The zero-order valence-electron chi connectivity index (χ0n) is 9.52. The fourth-order valence-corrected chi connectivity index (χ4v) is 1.57. The van der Waals surface area contributed by atoms with Gasteiger partial charge in [0, 0.05) is 17.8 Å². The molecule has 2 aromatic rings. The molecule has 0 aliphatic carbocycles. The molecule has 0 aliphatic rings. The van der Waals surface area contributed by atoms with Crippen LogP contribution in [0.15, 0.2) is 28.9 Å². The zero-order valence-corrected chi connectivity index (χ0v) is 11.1. The Hall–Kier alpha value is -1.53. The van der Waals surface area contributed by atoms with Crippen molar-refractivity contribution in [3.63, 3.8) is 0 Å². The van der Waals surface area contributed by atoms with Crippen LogP contribution in [-0.4, -0.2) is 15.1 Å². The molecule has 0 aliphatic heterocycles. The molecule has 0 bridgehead atoms. The van der Waals surface area contributed by atoms with E-state index in [4.69, 9.17) is 9.84 Å². The lowest BCUT2D eigenvalue weighted by atomic mass is 10.3. The van der Waals surface area contributed by atoms with Crippen LogP contribution in [0.3, 0.4) is 0 Å². The normalized spacial score (nSPS) is 10.4. The lowest BCUT2D eigenvalue weighted by Gasteiger charge is -2.06. The van der Waals surface area contributed by atoms with Gasteiger partial charge in [0.05, 0.1) is 16.8 Å². The molecule has 0 fully saturated rings. The van der Waals surface area contributed by atoms with Crippen LogP contribution in [0.1, 0.15) is 11.3 Å². The van der Waals surface area contributed by atoms with E-state index in [0.29, 0.717) is 21.5 Å². The number of hydrogen-bond acceptors (Lipinski definition) is 4. The number of benzene rings is 1. The molecule has 2 rings (SSSR count). The van der Waals surface area contributed by atoms with E-state index < -0.39 is 5.82 Å². The van der Waals surface area contributed by atoms with Gasteiger partial charge in [-0.2, -0.15) is 4.98 Å². The van der Waals surface area contributed by atoms with Crippen LogP contribution < -0.4 is 4.74 Å². The van der Waals surface area contributed by atoms with Crippen LogP contribution in [-0.2, 0) is 6.61 Å². The first-order valence-corrected chi connectivity index (χ1v) is 5.95. The first-order valence-electron chi connectivity index (χ1n) is 5.16. The number of aromatic nitrogens is 2. The minimum Gasteiger partial charge on any atom is -0.424 e. The Morgan fingerprint density at radius 1 is 1.44 bits per heavy atom. The molecule has 4 nitrogen and oxygen atoms in total. The maximum absolute atomic E-state index is 13.3. The molecule has 1 aromatic heterocycles. The summed E-state index contributed by atoms with van der Waals surface area (Å²) in [5.74, 6) is -0.108. The number of aliphatic hydroxyl groups excluding tert-OH is 1. The third kappa shape index (κ3) is 2.83. The van der Waals surface area contributed by atoms with Crippen LogP contribution in [0.5, 0.6) is 11.8 Å². The van der Waals surface area contributed by atoms with E-state index in [1.165, 1.54) is 12.3 Å². The van der Waals surface area contributed by atoms with Gasteiger partial charge in [-0.1, -0.05) is 0 Å². The van der Waals surface area contributed by atoms with Crippen LogP contribution in [0, 0.1) is 12.7 Å². The summed E-state index contributed by atoms with van der Waals surface area (Å²) in [6, 6.07) is 4.50. The predicted octanol–water partition coefficient (Wildman–Crippen LogP) is 2.97. The number of aryl methyl sites for hydroxylation is 1. The number of aliphatic hydroxyl groups is 1. The van der Waals surface area contributed by atoms with E-state index in [0.717, 1.165) is 0 Å². The smallest absolute Gasteiger partial charge is 0.322 e. The Labute approximate surface area is 112 Å². The molecule has 1 aromatic carbocycles. The Morgan fingerprint density at radius 3 is 2.83 bits per heavy atom. The van der Waals surface area contributed by atoms with Crippen LogP contribution >= 0.6 is 15.9 Å². The summed E-state index contributed by atoms with van der Waals surface area (Å²) >= 11 is 3.06. The number of halogens is 2. The number of hydrogen-bond donors (Lipinski definition) is 1. The van der Waals surface area contributed by atoms with Crippen molar-refractivity contribution in [1.29, 1.82) is 0 Å². The second-order valence-electron chi connectivity index (χ2n) is 3.60. The largest absolute Gasteiger partial charge is 0.424 e. The molecule has 18 heavy (non-hydrogen) atoms. The highest BCUT2D eigenvalue weighted by atomic mass is 79.9. The van der Waals surface area contributed by atoms with E-state index in [9.17, 15) is 4.39 Å². The SMILES string of the molecule is Cc1nc(Oc2ccc(Br)c(F)c2)ncc1CO. The summed E-state index contributed by atoms with van der Waals surface area (Å²) in [6.07, 6.45) is 1.48. The first-order chi connectivity index (χ1) is 8.60. The predicted molar refractivity (Wildman–Crippen MR) is 66.9 cm³/mol. The van der Waals surface area contributed by atoms with Crippen molar-refractivity contribution in [1.82, 2.24) is 9.97 Å². The van der Waals surface area contributed by atoms with Gasteiger partial charge in [0.2, 0.25) is 0 Å². The fraction of sp³-hybridized carbons (Fsp3) is 0.167. The number of ether oxygens (including phenoxy) is 1. The maximum atomic E-state index is 13.3. The molecular formula is C12H10BrFN2O2. The van der Waals surface area contributed by atoms with Gasteiger partial charge in [-0.05, 0) is 35.0 Å². The highest BCUT2D eigenvalue weighted by Crippen LogP contribution is 2.24. The standard InChI is InChI=1S/C12H10BrFN2O2/c1-7-8(6-17)5-15-12(16-7)18-9-2-3-10(13)11(14)4-9/h2-5,17H,6H2,1H3. The summed E-state index contributed by atoms with van der Waals surface area (Å²) in [5.41, 5.74) is 1.25. The van der Waals surface area contributed by atoms with Gasteiger partial charge in [-0.25, -0.2) is 9.37 Å². The quantitative estimate of drug-likeness (QED) is 0.946. The Kier molecular flexibility index (Phi) is 3.88. The molecule has 0 unspecified atom stereocenters. The van der Waals surface area contributed by atoms with E-state index in [-0.39, 0.29) is 12.6 Å². The number of rotatable bonds is 3. The van der Waals surface area contributed by atoms with Crippen molar-refractivity contribution >= 4 is 15.9 Å². The summed E-state index contributed by atoms with van der Waals surface area (Å²) < 4.78 is 19.0. The summed E-state index contributed by atoms with van der Waals surface area (Å²) in [5, 5.41) is 8.99. The highest BCUT2D eigenvalue weighted by Gasteiger charge is 2.06. The molecule has 1 heterocycles. The van der Waals surface area contributed by atoms with Gasteiger partial charge in [0.15, 0.2) is 0 Å². The van der Waals surface area contributed by atoms with Crippen molar-refractivity contribution in [3.05, 3.63) is 45.9 Å². The van der Waals surface area contributed by atoms with Crippen molar-refractivity contribution in [2.45, 2.75) is 13.5 Å². The molecule has 0 radical (unpaired) electrons. The first kappa shape index (κ1) is 12.9. The second kappa shape index (κ2) is 5.41. The van der Waals surface area contributed by atoms with Gasteiger partial charge >= 0.3 is 6.01 Å². The Bertz CT molecular complexity index is 578. The Morgan fingerprint density at radius 2 is 2.22 bits per heavy atom. The monoisotopic (exact) mass is 312 g/mol. The van der Waals surface area contributed by atoms with E-state index >= 15 is 0 Å². The average molecular weight is 313 g/mol. The molecule has 0 amide bonds. The zero-order chi connectivity index (χ0) is 13.1. The molecule has 0 saturated heterocycles. The van der Waals surface area contributed by atoms with Crippen LogP contribution in [0.25, 0.3) is 0 Å². The van der Waals surface area contributed by atoms with Crippen LogP contribution in [0.4, 0.5) is 4.39 Å².